The largest absolute Gasteiger partial charge is 0.311 e. The molecule has 2 rings (SSSR count). The Bertz CT molecular complexity index is 443. The minimum Gasteiger partial charge on any atom is -0.311 e. The van der Waals surface area contributed by atoms with Gasteiger partial charge in [0.25, 0.3) is 10.1 Å². The minimum absolute atomic E-state index is 0.214. The molecule has 2 aliphatic rings. The standard InChI is InChI=1S/C13H23NO3S/c1-4-11-8(2)9(3)14-13-6-5-10(7-12(11)13)18(15,16)17/h5,8-9,11-14H,4,6-7H2,1-3H3,(H,15,16,17)/t8-,9?,11?,12?,13-/m1/s1. The van der Waals surface area contributed by atoms with E-state index in [2.05, 4.69) is 26.1 Å². The van der Waals surface area contributed by atoms with Crippen molar-refractivity contribution in [1.82, 2.24) is 5.32 Å². The van der Waals surface area contributed by atoms with Crippen LogP contribution in [0.15, 0.2) is 11.0 Å². The molecular formula is C13H23NO3S. The lowest BCUT2D eigenvalue weighted by Gasteiger charge is -2.47. The van der Waals surface area contributed by atoms with Gasteiger partial charge < -0.3 is 5.32 Å². The lowest BCUT2D eigenvalue weighted by atomic mass is 9.67. The number of rotatable bonds is 2. The third kappa shape index (κ3) is 2.49. The fraction of sp³-hybridized carbons (Fsp3) is 0.846. The highest BCUT2D eigenvalue weighted by Crippen LogP contribution is 2.41. The van der Waals surface area contributed by atoms with Gasteiger partial charge in [-0.1, -0.05) is 26.3 Å². The van der Waals surface area contributed by atoms with Crippen molar-refractivity contribution in [2.24, 2.45) is 17.8 Å². The van der Waals surface area contributed by atoms with Crippen LogP contribution in [0.2, 0.25) is 0 Å². The summed E-state index contributed by atoms with van der Waals surface area (Å²) >= 11 is 0. The van der Waals surface area contributed by atoms with Crippen molar-refractivity contribution < 1.29 is 13.0 Å². The van der Waals surface area contributed by atoms with Crippen LogP contribution in [0.1, 0.15) is 40.0 Å². The van der Waals surface area contributed by atoms with Crippen molar-refractivity contribution in [2.75, 3.05) is 0 Å². The normalized spacial score (nSPS) is 41.1. The van der Waals surface area contributed by atoms with Gasteiger partial charge in [-0.3, -0.25) is 4.55 Å². The predicted octanol–water partition coefficient (Wildman–Crippen LogP) is 2.19. The fourth-order valence-corrected chi connectivity index (χ4v) is 4.38. The number of piperidine rings is 1. The molecule has 0 aromatic heterocycles. The minimum atomic E-state index is -4.01. The van der Waals surface area contributed by atoms with Crippen LogP contribution < -0.4 is 5.32 Å². The van der Waals surface area contributed by atoms with E-state index in [0.29, 0.717) is 42.7 Å². The first-order valence-corrected chi connectivity index (χ1v) is 8.21. The lowest BCUT2D eigenvalue weighted by molar-refractivity contribution is 0.0870. The quantitative estimate of drug-likeness (QED) is 0.757. The van der Waals surface area contributed by atoms with Crippen LogP contribution in [0.3, 0.4) is 0 Å². The first-order valence-electron chi connectivity index (χ1n) is 6.77. The molecule has 0 aromatic rings. The zero-order valence-electron chi connectivity index (χ0n) is 11.3. The number of nitrogens with one attached hydrogen (secondary N) is 1. The maximum Gasteiger partial charge on any atom is 0.290 e. The molecule has 5 atom stereocenters. The van der Waals surface area contributed by atoms with Crippen molar-refractivity contribution in [3.05, 3.63) is 11.0 Å². The van der Waals surface area contributed by atoms with Crippen molar-refractivity contribution in [3.63, 3.8) is 0 Å². The maximum atomic E-state index is 11.3. The molecule has 1 heterocycles. The van der Waals surface area contributed by atoms with Gasteiger partial charge in [0, 0.05) is 12.1 Å². The molecule has 2 N–H and O–H groups in total. The van der Waals surface area contributed by atoms with Gasteiger partial charge in [0.05, 0.1) is 4.91 Å². The zero-order chi connectivity index (χ0) is 13.5. The molecule has 0 spiro atoms. The Morgan fingerprint density at radius 1 is 1.44 bits per heavy atom. The van der Waals surface area contributed by atoms with Gasteiger partial charge in [0.2, 0.25) is 0 Å². The molecule has 5 heteroatoms. The van der Waals surface area contributed by atoms with Crippen molar-refractivity contribution in [1.29, 1.82) is 0 Å². The van der Waals surface area contributed by atoms with Crippen LogP contribution >= 0.6 is 0 Å². The van der Waals surface area contributed by atoms with E-state index in [1.54, 1.807) is 6.08 Å². The summed E-state index contributed by atoms with van der Waals surface area (Å²) in [5, 5.41) is 3.58. The SMILES string of the molecule is CCC1C2CC(S(=O)(=O)O)=CC[C@H]2NC(C)[C@H]1C. The van der Waals surface area contributed by atoms with Crippen LogP contribution in [0.4, 0.5) is 0 Å². The second-order valence-electron chi connectivity index (χ2n) is 5.74. The molecule has 4 nitrogen and oxygen atoms in total. The molecular weight excluding hydrogens is 250 g/mol. The van der Waals surface area contributed by atoms with Gasteiger partial charge in [0.1, 0.15) is 0 Å². The molecule has 0 bridgehead atoms. The van der Waals surface area contributed by atoms with Crippen molar-refractivity contribution in [3.8, 4) is 0 Å². The lowest BCUT2D eigenvalue weighted by Crippen LogP contribution is -2.55. The number of fused-ring (bicyclic) bond motifs is 1. The number of hydrogen-bond donors (Lipinski definition) is 2. The Balaban J connectivity index is 2.26. The maximum absolute atomic E-state index is 11.3. The molecule has 1 saturated heterocycles. The van der Waals surface area contributed by atoms with Gasteiger partial charge in [-0.25, -0.2) is 0 Å². The summed E-state index contributed by atoms with van der Waals surface area (Å²) in [6, 6.07) is 0.823. The topological polar surface area (TPSA) is 66.4 Å². The smallest absolute Gasteiger partial charge is 0.290 e. The van der Waals surface area contributed by atoms with Gasteiger partial charge in [0.15, 0.2) is 0 Å². The van der Waals surface area contributed by atoms with Crippen LogP contribution in [-0.4, -0.2) is 25.1 Å². The summed E-state index contributed by atoms with van der Waals surface area (Å²) in [6.07, 6.45) is 3.92. The second kappa shape index (κ2) is 4.94. The highest BCUT2D eigenvalue weighted by Gasteiger charge is 2.42. The summed E-state index contributed by atoms with van der Waals surface area (Å²) < 4.78 is 31.7. The monoisotopic (exact) mass is 273 g/mol. The van der Waals surface area contributed by atoms with Crippen molar-refractivity contribution in [2.45, 2.75) is 52.1 Å². The molecule has 0 aromatic carbocycles. The summed E-state index contributed by atoms with van der Waals surface area (Å²) in [7, 11) is -4.01. The molecule has 1 aliphatic carbocycles. The molecule has 1 aliphatic heterocycles. The van der Waals surface area contributed by atoms with Gasteiger partial charge >= 0.3 is 0 Å². The Morgan fingerprint density at radius 3 is 2.67 bits per heavy atom. The number of allylic oxidation sites excluding steroid dienone is 1. The molecule has 0 radical (unpaired) electrons. The highest BCUT2D eigenvalue weighted by molar-refractivity contribution is 7.89. The van der Waals surface area contributed by atoms with Gasteiger partial charge in [-0.05, 0) is 37.5 Å². The van der Waals surface area contributed by atoms with Crippen LogP contribution in [0, 0.1) is 17.8 Å². The van der Waals surface area contributed by atoms with Gasteiger partial charge in [-0.15, -0.1) is 0 Å². The number of hydrogen-bond acceptors (Lipinski definition) is 3. The van der Waals surface area contributed by atoms with E-state index in [1.165, 1.54) is 0 Å². The summed E-state index contributed by atoms with van der Waals surface area (Å²) in [5.74, 6) is 1.39. The van der Waals surface area contributed by atoms with E-state index in [9.17, 15) is 13.0 Å². The third-order valence-electron chi connectivity index (χ3n) is 4.85. The van der Waals surface area contributed by atoms with E-state index >= 15 is 0 Å². The van der Waals surface area contributed by atoms with Gasteiger partial charge in [-0.2, -0.15) is 8.42 Å². The first-order chi connectivity index (χ1) is 8.34. The first kappa shape index (κ1) is 14.0. The van der Waals surface area contributed by atoms with E-state index in [0.717, 1.165) is 6.42 Å². The summed E-state index contributed by atoms with van der Waals surface area (Å²) in [6.45, 7) is 6.60. The average molecular weight is 273 g/mol. The molecule has 1 fully saturated rings. The third-order valence-corrected chi connectivity index (χ3v) is 5.84. The highest BCUT2D eigenvalue weighted by atomic mass is 32.2. The summed E-state index contributed by atoms with van der Waals surface area (Å²) in [5.41, 5.74) is 0. The molecule has 104 valence electrons. The van der Waals surface area contributed by atoms with E-state index < -0.39 is 10.1 Å². The Hall–Kier alpha value is -0.390. The molecule has 18 heavy (non-hydrogen) atoms. The van der Waals surface area contributed by atoms with E-state index in [1.807, 2.05) is 0 Å². The Labute approximate surface area is 110 Å². The molecule has 3 unspecified atom stereocenters. The second-order valence-corrected chi connectivity index (χ2v) is 7.22. The Morgan fingerprint density at radius 2 is 2.11 bits per heavy atom. The predicted molar refractivity (Wildman–Crippen MR) is 71.7 cm³/mol. The van der Waals surface area contributed by atoms with E-state index in [-0.39, 0.29) is 4.91 Å². The molecule has 0 saturated carbocycles. The Kier molecular flexibility index (Phi) is 3.85. The van der Waals surface area contributed by atoms with Crippen LogP contribution in [0.25, 0.3) is 0 Å². The summed E-state index contributed by atoms with van der Waals surface area (Å²) in [4.78, 5) is 0.214. The van der Waals surface area contributed by atoms with Crippen LogP contribution in [0.5, 0.6) is 0 Å². The average Bonchev–Trinajstić information content (AvgIpc) is 2.29. The fourth-order valence-electron chi connectivity index (χ4n) is 3.67. The molecule has 0 amide bonds. The van der Waals surface area contributed by atoms with E-state index in [4.69, 9.17) is 0 Å². The van der Waals surface area contributed by atoms with Crippen molar-refractivity contribution >= 4 is 10.1 Å². The van der Waals surface area contributed by atoms with Crippen LogP contribution in [-0.2, 0) is 10.1 Å². The zero-order valence-corrected chi connectivity index (χ0v) is 12.1.